The summed E-state index contributed by atoms with van der Waals surface area (Å²) in [7, 11) is -0.418. The minimum Gasteiger partial charge on any atom is -0.337 e. The number of benzene rings is 1. The first-order valence-electron chi connectivity index (χ1n) is 7.21. The molecular formula is C15H20ClN3O3S. The molecule has 126 valence electrons. The van der Waals surface area contributed by atoms with Crippen LogP contribution in [0.15, 0.2) is 30.3 Å². The lowest BCUT2D eigenvalue weighted by atomic mass is 10.2. The largest absolute Gasteiger partial charge is 0.337 e. The zero-order valence-electron chi connectivity index (χ0n) is 13.1. The molecule has 6 nitrogen and oxygen atoms in total. The Morgan fingerprint density at radius 2 is 1.78 bits per heavy atom. The Labute approximate surface area is 142 Å². The summed E-state index contributed by atoms with van der Waals surface area (Å²) in [6.45, 7) is 1.34. The molecule has 1 aliphatic rings. The average Bonchev–Trinajstić information content (AvgIpc) is 2.53. The van der Waals surface area contributed by atoms with Crippen molar-refractivity contribution in [1.82, 2.24) is 13.5 Å². The Morgan fingerprint density at radius 3 is 2.35 bits per heavy atom. The zero-order valence-corrected chi connectivity index (χ0v) is 14.7. The van der Waals surface area contributed by atoms with Crippen LogP contribution >= 0.6 is 11.6 Å². The van der Waals surface area contributed by atoms with Gasteiger partial charge in [-0.05, 0) is 17.7 Å². The van der Waals surface area contributed by atoms with Gasteiger partial charge < -0.3 is 4.90 Å². The second kappa shape index (κ2) is 7.44. The molecule has 1 amide bonds. The van der Waals surface area contributed by atoms with Gasteiger partial charge in [-0.1, -0.05) is 29.8 Å². The smallest absolute Gasteiger partial charge is 0.281 e. The quantitative estimate of drug-likeness (QED) is 0.763. The van der Waals surface area contributed by atoms with E-state index in [1.54, 1.807) is 17.0 Å². The lowest BCUT2D eigenvalue weighted by molar-refractivity contribution is -0.127. The highest BCUT2D eigenvalue weighted by Crippen LogP contribution is 2.16. The second-order valence-electron chi connectivity index (χ2n) is 5.37. The lowest BCUT2D eigenvalue weighted by Crippen LogP contribution is -2.52. The molecule has 1 aliphatic heterocycles. The standard InChI is InChI=1S/C15H20ClN3O3S/c1-17(2)23(21,22)19-11-9-18(10-12-19)15(20)8-7-13-5-3-4-6-14(13)16/h3-8H,9-12H2,1-2H3/b8-7+. The van der Waals surface area contributed by atoms with Gasteiger partial charge >= 0.3 is 0 Å². The summed E-state index contributed by atoms with van der Waals surface area (Å²) in [5.74, 6) is -0.146. The Hall–Kier alpha value is -1.41. The van der Waals surface area contributed by atoms with E-state index < -0.39 is 10.2 Å². The van der Waals surface area contributed by atoms with Crippen LogP contribution in [0.2, 0.25) is 5.02 Å². The predicted molar refractivity (Wildman–Crippen MR) is 91.2 cm³/mol. The summed E-state index contributed by atoms with van der Waals surface area (Å²) in [5, 5.41) is 0.582. The van der Waals surface area contributed by atoms with E-state index in [1.165, 1.54) is 28.8 Å². The molecule has 8 heteroatoms. The summed E-state index contributed by atoms with van der Waals surface area (Å²) in [4.78, 5) is 13.8. The third kappa shape index (κ3) is 4.32. The number of halogens is 1. The first kappa shape index (κ1) is 17.9. The van der Waals surface area contributed by atoms with E-state index in [0.717, 1.165) is 5.56 Å². The maximum atomic E-state index is 12.2. The van der Waals surface area contributed by atoms with Crippen LogP contribution in [0.3, 0.4) is 0 Å². The molecule has 0 saturated carbocycles. The van der Waals surface area contributed by atoms with Crippen molar-refractivity contribution in [3.05, 3.63) is 40.9 Å². The first-order chi connectivity index (χ1) is 10.8. The molecule has 23 heavy (non-hydrogen) atoms. The fraction of sp³-hybridized carbons (Fsp3) is 0.400. The van der Waals surface area contributed by atoms with Gasteiger partial charge in [0.15, 0.2) is 0 Å². The molecule has 0 radical (unpaired) electrons. The number of hydrogen-bond acceptors (Lipinski definition) is 3. The molecule has 0 aliphatic carbocycles. The molecule has 1 aromatic carbocycles. The van der Waals surface area contributed by atoms with Crippen molar-refractivity contribution >= 4 is 33.8 Å². The molecular weight excluding hydrogens is 338 g/mol. The molecule has 0 N–H and O–H groups in total. The molecule has 0 unspecified atom stereocenters. The van der Waals surface area contributed by atoms with Crippen LogP contribution in [0.4, 0.5) is 0 Å². The number of carbonyl (C=O) groups is 1. The van der Waals surface area contributed by atoms with Crippen LogP contribution in [0.5, 0.6) is 0 Å². The predicted octanol–water partition coefficient (Wildman–Crippen LogP) is 1.30. The van der Waals surface area contributed by atoms with Crippen molar-refractivity contribution in [2.24, 2.45) is 0 Å². The summed E-state index contributed by atoms with van der Waals surface area (Å²) < 4.78 is 26.6. The van der Waals surface area contributed by atoms with Gasteiger partial charge in [-0.2, -0.15) is 17.0 Å². The van der Waals surface area contributed by atoms with Crippen molar-refractivity contribution in [3.63, 3.8) is 0 Å². The van der Waals surface area contributed by atoms with E-state index in [0.29, 0.717) is 31.2 Å². The normalized spacial score (nSPS) is 17.1. The lowest BCUT2D eigenvalue weighted by Gasteiger charge is -2.34. The van der Waals surface area contributed by atoms with Crippen LogP contribution < -0.4 is 0 Å². The van der Waals surface area contributed by atoms with E-state index in [9.17, 15) is 13.2 Å². The van der Waals surface area contributed by atoms with Crippen LogP contribution in [0.25, 0.3) is 6.08 Å². The molecule has 2 rings (SSSR count). The summed E-state index contributed by atoms with van der Waals surface area (Å²) in [5.41, 5.74) is 0.774. The van der Waals surface area contributed by atoms with Crippen molar-refractivity contribution in [1.29, 1.82) is 0 Å². The number of nitrogens with zero attached hydrogens (tertiary/aromatic N) is 3. The second-order valence-corrected chi connectivity index (χ2v) is 7.92. The van der Waals surface area contributed by atoms with Gasteiger partial charge in [-0.15, -0.1) is 0 Å². The van der Waals surface area contributed by atoms with Crippen LogP contribution in [0, 0.1) is 0 Å². The van der Waals surface area contributed by atoms with E-state index >= 15 is 0 Å². The van der Waals surface area contributed by atoms with Gasteiger partial charge in [0.2, 0.25) is 5.91 Å². The summed E-state index contributed by atoms with van der Waals surface area (Å²) in [6, 6.07) is 7.26. The van der Waals surface area contributed by atoms with Crippen molar-refractivity contribution in [3.8, 4) is 0 Å². The van der Waals surface area contributed by atoms with Gasteiger partial charge in [0, 0.05) is 51.4 Å². The minimum atomic E-state index is -3.42. The van der Waals surface area contributed by atoms with Gasteiger partial charge in [0.25, 0.3) is 10.2 Å². The summed E-state index contributed by atoms with van der Waals surface area (Å²) in [6.07, 6.45) is 3.14. The molecule has 1 aromatic rings. The number of piperazine rings is 1. The van der Waals surface area contributed by atoms with Gasteiger partial charge in [0.05, 0.1) is 0 Å². The maximum absolute atomic E-state index is 12.2. The van der Waals surface area contributed by atoms with Gasteiger partial charge in [0.1, 0.15) is 0 Å². The maximum Gasteiger partial charge on any atom is 0.281 e. The van der Waals surface area contributed by atoms with E-state index in [2.05, 4.69) is 0 Å². The molecule has 1 fully saturated rings. The Kier molecular flexibility index (Phi) is 5.80. The number of hydrogen-bond donors (Lipinski definition) is 0. The van der Waals surface area contributed by atoms with E-state index in [-0.39, 0.29) is 5.91 Å². The highest BCUT2D eigenvalue weighted by molar-refractivity contribution is 7.86. The van der Waals surface area contributed by atoms with E-state index in [4.69, 9.17) is 11.6 Å². The zero-order chi connectivity index (χ0) is 17.0. The monoisotopic (exact) mass is 357 g/mol. The number of rotatable bonds is 4. The molecule has 0 spiro atoms. The van der Waals surface area contributed by atoms with Gasteiger partial charge in [-0.25, -0.2) is 0 Å². The van der Waals surface area contributed by atoms with Crippen LogP contribution in [-0.4, -0.2) is 68.1 Å². The minimum absolute atomic E-state index is 0.146. The molecule has 1 saturated heterocycles. The van der Waals surface area contributed by atoms with Gasteiger partial charge in [-0.3, -0.25) is 4.79 Å². The van der Waals surface area contributed by atoms with Crippen LogP contribution in [-0.2, 0) is 15.0 Å². The van der Waals surface area contributed by atoms with Crippen molar-refractivity contribution in [2.75, 3.05) is 40.3 Å². The fourth-order valence-corrected chi connectivity index (χ4v) is 3.53. The molecule has 0 aromatic heterocycles. The highest BCUT2D eigenvalue weighted by atomic mass is 35.5. The van der Waals surface area contributed by atoms with Crippen LogP contribution in [0.1, 0.15) is 5.56 Å². The first-order valence-corrected chi connectivity index (χ1v) is 8.99. The summed E-state index contributed by atoms with van der Waals surface area (Å²) >= 11 is 6.04. The Bertz CT molecular complexity index is 696. The molecule has 0 bridgehead atoms. The SMILES string of the molecule is CN(C)S(=O)(=O)N1CCN(C(=O)/C=C/c2ccccc2Cl)CC1. The number of amides is 1. The third-order valence-electron chi connectivity index (χ3n) is 3.65. The Morgan fingerprint density at radius 1 is 1.17 bits per heavy atom. The topological polar surface area (TPSA) is 60.9 Å². The van der Waals surface area contributed by atoms with E-state index in [1.807, 2.05) is 18.2 Å². The highest BCUT2D eigenvalue weighted by Gasteiger charge is 2.29. The number of carbonyl (C=O) groups excluding carboxylic acids is 1. The average molecular weight is 358 g/mol. The fourth-order valence-electron chi connectivity index (χ4n) is 2.25. The third-order valence-corrected chi connectivity index (χ3v) is 5.93. The molecule has 1 heterocycles. The molecule has 0 atom stereocenters. The van der Waals surface area contributed by atoms with Crippen molar-refractivity contribution in [2.45, 2.75) is 0 Å². The Balaban J connectivity index is 1.95. The van der Waals surface area contributed by atoms with Crippen molar-refractivity contribution < 1.29 is 13.2 Å².